The molecular weight excluding hydrogens is 206 g/mol. The van der Waals surface area contributed by atoms with Gasteiger partial charge in [0.25, 0.3) is 0 Å². The summed E-state index contributed by atoms with van der Waals surface area (Å²) in [6, 6.07) is 3.77. The second-order valence-corrected chi connectivity index (χ2v) is 3.85. The molecule has 0 aromatic carbocycles. The van der Waals surface area contributed by atoms with Crippen LogP contribution in [0.15, 0.2) is 18.3 Å². The largest absolute Gasteiger partial charge is 0.376 e. The molecule has 1 saturated heterocycles. The minimum atomic E-state index is 0.276. The molecule has 0 saturated carbocycles. The third-order valence-corrected chi connectivity index (χ3v) is 2.57. The zero-order valence-electron chi connectivity index (χ0n) is 9.19. The summed E-state index contributed by atoms with van der Waals surface area (Å²) >= 11 is 0. The number of hydrazine groups is 1. The van der Waals surface area contributed by atoms with Crippen molar-refractivity contribution in [3.05, 3.63) is 23.9 Å². The SMILES string of the molecule is NNc1ccc(COCC2CCCO2)cn1. The van der Waals surface area contributed by atoms with Crippen molar-refractivity contribution in [2.75, 3.05) is 18.6 Å². The fraction of sp³-hybridized carbons (Fsp3) is 0.545. The Labute approximate surface area is 94.9 Å². The molecule has 0 aliphatic carbocycles. The van der Waals surface area contributed by atoms with Crippen molar-refractivity contribution in [1.29, 1.82) is 0 Å². The second kappa shape index (κ2) is 5.79. The van der Waals surface area contributed by atoms with Gasteiger partial charge in [0.1, 0.15) is 5.82 Å². The lowest BCUT2D eigenvalue weighted by atomic mass is 10.2. The number of nitrogens with two attached hydrogens (primary N) is 1. The van der Waals surface area contributed by atoms with Crippen molar-refractivity contribution in [3.63, 3.8) is 0 Å². The van der Waals surface area contributed by atoms with Crippen LogP contribution in [0.2, 0.25) is 0 Å². The van der Waals surface area contributed by atoms with Crippen molar-refractivity contribution in [3.8, 4) is 0 Å². The van der Waals surface area contributed by atoms with E-state index in [1.165, 1.54) is 0 Å². The number of anilines is 1. The van der Waals surface area contributed by atoms with E-state index in [0.717, 1.165) is 25.0 Å². The first kappa shape index (κ1) is 11.3. The number of pyridine rings is 1. The molecule has 0 spiro atoms. The summed E-state index contributed by atoms with van der Waals surface area (Å²) in [6.07, 6.45) is 4.28. The lowest BCUT2D eigenvalue weighted by molar-refractivity contribution is 0.0105. The third kappa shape index (κ3) is 3.16. The van der Waals surface area contributed by atoms with E-state index < -0.39 is 0 Å². The van der Waals surface area contributed by atoms with Crippen molar-refractivity contribution in [2.45, 2.75) is 25.6 Å². The number of aromatic nitrogens is 1. The van der Waals surface area contributed by atoms with Crippen LogP contribution in [0.1, 0.15) is 18.4 Å². The van der Waals surface area contributed by atoms with Gasteiger partial charge < -0.3 is 14.9 Å². The Kier molecular flexibility index (Phi) is 4.10. The van der Waals surface area contributed by atoms with Gasteiger partial charge >= 0.3 is 0 Å². The molecule has 1 aromatic rings. The van der Waals surface area contributed by atoms with Crippen molar-refractivity contribution >= 4 is 5.82 Å². The Balaban J connectivity index is 1.71. The summed E-state index contributed by atoms with van der Waals surface area (Å²) in [7, 11) is 0. The number of ether oxygens (including phenoxy) is 2. The summed E-state index contributed by atoms with van der Waals surface area (Å²) < 4.78 is 11.0. The molecule has 1 aromatic heterocycles. The van der Waals surface area contributed by atoms with E-state index in [1.54, 1.807) is 6.20 Å². The first-order valence-corrected chi connectivity index (χ1v) is 5.49. The van der Waals surface area contributed by atoms with Gasteiger partial charge in [0, 0.05) is 12.8 Å². The monoisotopic (exact) mass is 223 g/mol. The standard InChI is InChI=1S/C11H17N3O2/c12-14-11-4-3-9(6-13-11)7-15-8-10-2-1-5-16-10/h3-4,6,10H,1-2,5,7-8,12H2,(H,13,14). The van der Waals surface area contributed by atoms with Crippen molar-refractivity contribution in [2.24, 2.45) is 5.84 Å². The van der Waals surface area contributed by atoms with Crippen LogP contribution in [0.25, 0.3) is 0 Å². The van der Waals surface area contributed by atoms with E-state index in [4.69, 9.17) is 15.3 Å². The van der Waals surface area contributed by atoms with Gasteiger partial charge in [-0.05, 0) is 24.5 Å². The van der Waals surface area contributed by atoms with E-state index in [1.807, 2.05) is 12.1 Å². The number of rotatable bonds is 5. The highest BCUT2D eigenvalue weighted by Crippen LogP contribution is 2.13. The number of hydrogen-bond donors (Lipinski definition) is 2. The van der Waals surface area contributed by atoms with Gasteiger partial charge in [-0.3, -0.25) is 0 Å². The molecular formula is C11H17N3O2. The Morgan fingerprint density at radius 3 is 3.12 bits per heavy atom. The highest BCUT2D eigenvalue weighted by molar-refractivity contribution is 5.33. The summed E-state index contributed by atoms with van der Waals surface area (Å²) in [5, 5.41) is 0. The average molecular weight is 223 g/mol. The maximum atomic E-state index is 5.56. The smallest absolute Gasteiger partial charge is 0.139 e. The maximum Gasteiger partial charge on any atom is 0.139 e. The Morgan fingerprint density at radius 2 is 2.50 bits per heavy atom. The van der Waals surface area contributed by atoms with Gasteiger partial charge in [0.2, 0.25) is 0 Å². The molecule has 88 valence electrons. The molecule has 1 aliphatic rings. The van der Waals surface area contributed by atoms with E-state index in [-0.39, 0.29) is 6.10 Å². The lowest BCUT2D eigenvalue weighted by Gasteiger charge is -2.10. The van der Waals surface area contributed by atoms with E-state index >= 15 is 0 Å². The van der Waals surface area contributed by atoms with Crippen LogP contribution in [0.4, 0.5) is 5.82 Å². The van der Waals surface area contributed by atoms with Gasteiger partial charge in [-0.2, -0.15) is 0 Å². The molecule has 5 nitrogen and oxygen atoms in total. The van der Waals surface area contributed by atoms with Gasteiger partial charge in [-0.1, -0.05) is 6.07 Å². The summed E-state index contributed by atoms with van der Waals surface area (Å²) in [5.74, 6) is 5.88. The predicted molar refractivity (Wildman–Crippen MR) is 60.7 cm³/mol. The molecule has 3 N–H and O–H groups in total. The third-order valence-electron chi connectivity index (χ3n) is 2.57. The molecule has 5 heteroatoms. The Bertz CT molecular complexity index is 310. The number of nitrogens with zero attached hydrogens (tertiary/aromatic N) is 1. The molecule has 0 bridgehead atoms. The van der Waals surface area contributed by atoms with Gasteiger partial charge in [0.05, 0.1) is 19.3 Å². The van der Waals surface area contributed by atoms with Crippen LogP contribution >= 0.6 is 0 Å². The quantitative estimate of drug-likeness (QED) is 0.577. The molecule has 1 aliphatic heterocycles. The highest BCUT2D eigenvalue weighted by atomic mass is 16.5. The van der Waals surface area contributed by atoms with Crippen LogP contribution in [0.5, 0.6) is 0 Å². The molecule has 2 heterocycles. The summed E-state index contributed by atoms with van der Waals surface area (Å²) in [4.78, 5) is 4.10. The minimum absolute atomic E-state index is 0.276. The zero-order chi connectivity index (χ0) is 11.2. The summed E-state index contributed by atoms with van der Waals surface area (Å²) in [5.41, 5.74) is 3.52. The summed E-state index contributed by atoms with van der Waals surface area (Å²) in [6.45, 7) is 2.10. The number of nitrogens with one attached hydrogen (secondary N) is 1. The first-order valence-electron chi connectivity index (χ1n) is 5.49. The van der Waals surface area contributed by atoms with Gasteiger partial charge in [0.15, 0.2) is 0 Å². The van der Waals surface area contributed by atoms with Crippen LogP contribution in [-0.4, -0.2) is 24.3 Å². The molecule has 1 unspecified atom stereocenters. The second-order valence-electron chi connectivity index (χ2n) is 3.85. The van der Waals surface area contributed by atoms with Crippen LogP contribution in [0.3, 0.4) is 0 Å². The first-order chi connectivity index (χ1) is 7.88. The van der Waals surface area contributed by atoms with Gasteiger partial charge in [-0.25, -0.2) is 10.8 Å². The number of nitrogen functional groups attached to an aromatic ring is 1. The van der Waals surface area contributed by atoms with Gasteiger partial charge in [-0.15, -0.1) is 0 Å². The molecule has 0 radical (unpaired) electrons. The van der Waals surface area contributed by atoms with E-state index in [2.05, 4.69) is 10.4 Å². The van der Waals surface area contributed by atoms with Crippen LogP contribution in [0, 0.1) is 0 Å². The lowest BCUT2D eigenvalue weighted by Crippen LogP contribution is -2.14. The molecule has 16 heavy (non-hydrogen) atoms. The maximum absolute atomic E-state index is 5.56. The zero-order valence-corrected chi connectivity index (χ0v) is 9.19. The van der Waals surface area contributed by atoms with Crippen molar-refractivity contribution < 1.29 is 9.47 Å². The minimum Gasteiger partial charge on any atom is -0.376 e. The molecule has 1 fully saturated rings. The van der Waals surface area contributed by atoms with E-state index in [9.17, 15) is 0 Å². The normalized spacial score (nSPS) is 19.9. The fourth-order valence-electron chi connectivity index (χ4n) is 1.68. The molecule has 0 amide bonds. The number of hydrogen-bond acceptors (Lipinski definition) is 5. The van der Waals surface area contributed by atoms with E-state index in [0.29, 0.717) is 19.0 Å². The molecule has 1 atom stereocenters. The topological polar surface area (TPSA) is 69.4 Å². The molecule has 2 rings (SSSR count). The Morgan fingerprint density at radius 1 is 1.56 bits per heavy atom. The predicted octanol–water partition coefficient (Wildman–Crippen LogP) is 1.06. The average Bonchev–Trinajstić information content (AvgIpc) is 2.83. The van der Waals surface area contributed by atoms with Crippen LogP contribution in [-0.2, 0) is 16.1 Å². The highest BCUT2D eigenvalue weighted by Gasteiger charge is 2.15. The van der Waals surface area contributed by atoms with Crippen molar-refractivity contribution in [1.82, 2.24) is 4.98 Å². The van der Waals surface area contributed by atoms with Crippen LogP contribution < -0.4 is 11.3 Å². The Hall–Kier alpha value is -1.17. The fourth-order valence-corrected chi connectivity index (χ4v) is 1.68.